The molecule has 5 rings (SSSR count). The van der Waals surface area contributed by atoms with E-state index in [1.165, 1.54) is 5.56 Å². The molecule has 0 bridgehead atoms. The van der Waals surface area contributed by atoms with Crippen LogP contribution in [-0.2, 0) is 10.5 Å². The molecule has 9 heteroatoms. The van der Waals surface area contributed by atoms with Crippen molar-refractivity contribution in [3.63, 3.8) is 0 Å². The number of rotatable bonds is 6. The molecule has 1 atom stereocenters. The van der Waals surface area contributed by atoms with Gasteiger partial charge in [0.25, 0.3) is 5.91 Å². The van der Waals surface area contributed by atoms with E-state index in [9.17, 15) is 4.79 Å². The average molecular weight is 456 g/mol. The lowest BCUT2D eigenvalue weighted by molar-refractivity contribution is -0.113. The molecule has 0 aliphatic carbocycles. The number of hydrogen-bond donors (Lipinski definition) is 2. The second-order valence-electron chi connectivity index (χ2n) is 7.49. The molecule has 8 nitrogen and oxygen atoms in total. The molecule has 0 radical (unpaired) electrons. The lowest BCUT2D eigenvalue weighted by Crippen LogP contribution is -2.31. The number of nitrogens with zero attached hydrogens (tertiary/aromatic N) is 5. The van der Waals surface area contributed by atoms with Gasteiger partial charge >= 0.3 is 0 Å². The molecule has 0 saturated carbocycles. The maximum absolute atomic E-state index is 13.4. The van der Waals surface area contributed by atoms with E-state index < -0.39 is 6.04 Å². The second-order valence-corrected chi connectivity index (χ2v) is 8.43. The summed E-state index contributed by atoms with van der Waals surface area (Å²) in [5, 5.41) is 11.6. The number of amides is 1. The topological polar surface area (TPSA) is 97.6 Å². The molecule has 1 amide bonds. The van der Waals surface area contributed by atoms with Gasteiger partial charge in [-0.25, -0.2) is 4.68 Å². The Bertz CT molecular complexity index is 1290. The van der Waals surface area contributed by atoms with Crippen LogP contribution in [-0.4, -0.2) is 30.6 Å². The van der Waals surface area contributed by atoms with Crippen molar-refractivity contribution in [2.45, 2.75) is 23.9 Å². The number of fused-ring (bicyclic) bond motifs is 1. The normalized spacial score (nSPS) is 15.0. The van der Waals surface area contributed by atoms with Gasteiger partial charge in [0.15, 0.2) is 0 Å². The Morgan fingerprint density at radius 3 is 2.58 bits per heavy atom. The number of aromatic nitrogens is 5. The summed E-state index contributed by atoms with van der Waals surface area (Å²) in [6.07, 6.45) is 6.74. The smallest absolute Gasteiger partial charge is 0.255 e. The Kier molecular flexibility index (Phi) is 5.86. The van der Waals surface area contributed by atoms with Gasteiger partial charge < -0.3 is 10.6 Å². The SMILES string of the molecule is CC1=C(C(=O)Nc2cccnc2)C(c2cccnc2)n2nc(SCc3ccccc3)nc2N1. The summed E-state index contributed by atoms with van der Waals surface area (Å²) in [7, 11) is 0. The minimum atomic E-state index is -0.467. The van der Waals surface area contributed by atoms with Crippen molar-refractivity contribution in [2.24, 2.45) is 0 Å². The molecule has 0 spiro atoms. The maximum atomic E-state index is 13.4. The van der Waals surface area contributed by atoms with Crippen molar-refractivity contribution in [3.8, 4) is 0 Å². The molecule has 1 aliphatic rings. The quantitative estimate of drug-likeness (QED) is 0.419. The van der Waals surface area contributed by atoms with Crippen molar-refractivity contribution < 1.29 is 4.79 Å². The molecule has 1 aliphatic heterocycles. The third kappa shape index (κ3) is 4.49. The highest BCUT2D eigenvalue weighted by molar-refractivity contribution is 7.98. The number of thioether (sulfide) groups is 1. The van der Waals surface area contributed by atoms with E-state index >= 15 is 0 Å². The molecule has 1 unspecified atom stereocenters. The molecule has 33 heavy (non-hydrogen) atoms. The van der Waals surface area contributed by atoms with Crippen LogP contribution in [0.4, 0.5) is 11.6 Å². The standard InChI is InChI=1S/C24H21N7OS/c1-16-20(22(32)28-19-10-6-12-26-14-19)21(18-9-5-11-25-13-18)31-23(27-16)29-24(30-31)33-15-17-7-3-2-4-8-17/h2-14,21H,15H2,1H3,(H,28,32)(H,27,29,30). The van der Waals surface area contributed by atoms with E-state index in [4.69, 9.17) is 5.10 Å². The van der Waals surface area contributed by atoms with Gasteiger partial charge in [-0.3, -0.25) is 14.8 Å². The number of allylic oxidation sites excluding steroid dienone is 1. The van der Waals surface area contributed by atoms with Crippen LogP contribution in [0.1, 0.15) is 24.1 Å². The van der Waals surface area contributed by atoms with Crippen molar-refractivity contribution in [3.05, 3.63) is 102 Å². The Balaban J connectivity index is 1.48. The Morgan fingerprint density at radius 2 is 1.85 bits per heavy atom. The predicted octanol–water partition coefficient (Wildman–Crippen LogP) is 4.29. The van der Waals surface area contributed by atoms with E-state index in [1.807, 2.05) is 37.3 Å². The predicted molar refractivity (Wildman–Crippen MR) is 128 cm³/mol. The van der Waals surface area contributed by atoms with Crippen LogP contribution < -0.4 is 10.6 Å². The van der Waals surface area contributed by atoms with Gasteiger partial charge in [0.1, 0.15) is 6.04 Å². The van der Waals surface area contributed by atoms with Gasteiger partial charge in [0, 0.05) is 30.0 Å². The minimum absolute atomic E-state index is 0.235. The molecular formula is C24H21N7OS. The molecule has 3 aromatic heterocycles. The first-order chi connectivity index (χ1) is 16.2. The van der Waals surface area contributed by atoms with Crippen molar-refractivity contribution in [1.82, 2.24) is 24.7 Å². The summed E-state index contributed by atoms with van der Waals surface area (Å²) in [6, 6.07) is 17.1. The third-order valence-electron chi connectivity index (χ3n) is 5.21. The zero-order valence-corrected chi connectivity index (χ0v) is 18.7. The van der Waals surface area contributed by atoms with Gasteiger partial charge in [0.2, 0.25) is 11.1 Å². The summed E-state index contributed by atoms with van der Waals surface area (Å²) in [5.74, 6) is 1.11. The zero-order chi connectivity index (χ0) is 22.6. The fraction of sp³-hybridized carbons (Fsp3) is 0.125. The zero-order valence-electron chi connectivity index (χ0n) is 17.8. The molecule has 1 aromatic carbocycles. The second kappa shape index (κ2) is 9.25. The van der Waals surface area contributed by atoms with Crippen LogP contribution in [0.15, 0.2) is 95.8 Å². The highest BCUT2D eigenvalue weighted by Gasteiger charge is 2.34. The molecule has 4 aromatic rings. The summed E-state index contributed by atoms with van der Waals surface area (Å²) >= 11 is 1.55. The van der Waals surface area contributed by atoms with Crippen LogP contribution in [0.25, 0.3) is 0 Å². The monoisotopic (exact) mass is 455 g/mol. The van der Waals surface area contributed by atoms with Crippen molar-refractivity contribution in [2.75, 3.05) is 10.6 Å². The molecule has 164 valence electrons. The number of benzene rings is 1. The first-order valence-electron chi connectivity index (χ1n) is 10.4. The molecule has 0 saturated heterocycles. The Hall–Kier alpha value is -3.98. The van der Waals surface area contributed by atoms with E-state index in [0.717, 1.165) is 11.3 Å². The minimum Gasteiger partial charge on any atom is -0.328 e. The fourth-order valence-corrected chi connectivity index (χ4v) is 4.47. The molecule has 0 fully saturated rings. The fourth-order valence-electron chi connectivity index (χ4n) is 3.69. The van der Waals surface area contributed by atoms with Crippen molar-refractivity contribution in [1.29, 1.82) is 0 Å². The Labute approximate surface area is 195 Å². The van der Waals surface area contributed by atoms with Gasteiger partial charge in [-0.2, -0.15) is 4.98 Å². The van der Waals surface area contributed by atoms with E-state index in [-0.39, 0.29) is 5.91 Å². The van der Waals surface area contributed by atoms with Crippen LogP contribution in [0.5, 0.6) is 0 Å². The van der Waals surface area contributed by atoms with Gasteiger partial charge in [-0.15, -0.1) is 5.10 Å². The number of pyridine rings is 2. The van der Waals surface area contributed by atoms with Gasteiger partial charge in [-0.1, -0.05) is 48.2 Å². The van der Waals surface area contributed by atoms with Crippen LogP contribution in [0.3, 0.4) is 0 Å². The largest absolute Gasteiger partial charge is 0.328 e. The van der Waals surface area contributed by atoms with Crippen LogP contribution in [0, 0.1) is 0 Å². The van der Waals surface area contributed by atoms with E-state index in [1.54, 1.807) is 53.4 Å². The number of carbonyl (C=O) groups is 1. The summed E-state index contributed by atoms with van der Waals surface area (Å²) < 4.78 is 1.76. The van der Waals surface area contributed by atoms with Crippen LogP contribution in [0.2, 0.25) is 0 Å². The first-order valence-corrected chi connectivity index (χ1v) is 11.4. The molecule has 4 heterocycles. The van der Waals surface area contributed by atoms with Gasteiger partial charge in [0.05, 0.1) is 17.5 Å². The molecular weight excluding hydrogens is 434 g/mol. The maximum Gasteiger partial charge on any atom is 0.255 e. The summed E-state index contributed by atoms with van der Waals surface area (Å²) in [6.45, 7) is 1.87. The van der Waals surface area contributed by atoms with Crippen LogP contribution >= 0.6 is 11.8 Å². The number of carbonyl (C=O) groups excluding carboxylic acids is 1. The lowest BCUT2D eigenvalue weighted by atomic mass is 9.96. The highest BCUT2D eigenvalue weighted by Crippen LogP contribution is 2.36. The van der Waals surface area contributed by atoms with E-state index in [2.05, 4.69) is 37.7 Å². The highest BCUT2D eigenvalue weighted by atomic mass is 32.2. The van der Waals surface area contributed by atoms with Crippen molar-refractivity contribution >= 4 is 29.3 Å². The number of anilines is 2. The average Bonchev–Trinajstić information content (AvgIpc) is 3.26. The summed E-state index contributed by atoms with van der Waals surface area (Å²) in [5.41, 5.74) is 3.92. The third-order valence-corrected chi connectivity index (χ3v) is 6.12. The summed E-state index contributed by atoms with van der Waals surface area (Å²) in [4.78, 5) is 26.4. The number of nitrogens with one attached hydrogen (secondary N) is 2. The van der Waals surface area contributed by atoms with Gasteiger partial charge in [-0.05, 0) is 36.2 Å². The van der Waals surface area contributed by atoms with E-state index in [0.29, 0.717) is 28.1 Å². The lowest BCUT2D eigenvalue weighted by Gasteiger charge is -2.28. The number of hydrogen-bond acceptors (Lipinski definition) is 7. The first kappa shape index (κ1) is 20.9. The Morgan fingerprint density at radius 1 is 1.06 bits per heavy atom. The molecule has 2 N–H and O–H groups in total.